The second kappa shape index (κ2) is 4.89. The SMILES string of the molecule is CC(C#N)(Cc1ccncc1)c1cccc(N)c1. The Kier molecular flexibility index (Phi) is 3.29. The molecule has 2 aromatic rings. The van der Waals surface area contributed by atoms with Crippen LogP contribution < -0.4 is 5.73 Å². The molecule has 3 heteroatoms. The van der Waals surface area contributed by atoms with Crippen molar-refractivity contribution in [3.05, 3.63) is 59.9 Å². The number of benzene rings is 1. The van der Waals surface area contributed by atoms with Crippen LogP contribution in [0.4, 0.5) is 5.69 Å². The third-order valence-corrected chi connectivity index (χ3v) is 3.08. The average molecular weight is 237 g/mol. The van der Waals surface area contributed by atoms with Crippen LogP contribution in [0.25, 0.3) is 0 Å². The number of hydrogen-bond acceptors (Lipinski definition) is 3. The first-order chi connectivity index (χ1) is 8.64. The van der Waals surface area contributed by atoms with Crippen LogP contribution in [0.15, 0.2) is 48.8 Å². The number of nitriles is 1. The molecule has 0 aliphatic rings. The van der Waals surface area contributed by atoms with E-state index in [4.69, 9.17) is 5.73 Å². The molecular formula is C15H15N3. The van der Waals surface area contributed by atoms with Crippen LogP contribution in [-0.4, -0.2) is 4.98 Å². The highest BCUT2D eigenvalue weighted by Crippen LogP contribution is 2.28. The van der Waals surface area contributed by atoms with E-state index >= 15 is 0 Å². The Hall–Kier alpha value is -2.34. The van der Waals surface area contributed by atoms with Gasteiger partial charge < -0.3 is 5.73 Å². The van der Waals surface area contributed by atoms with E-state index in [9.17, 15) is 5.26 Å². The lowest BCUT2D eigenvalue weighted by Gasteiger charge is -2.22. The molecule has 0 bridgehead atoms. The lowest BCUT2D eigenvalue weighted by atomic mass is 9.78. The monoisotopic (exact) mass is 237 g/mol. The Morgan fingerprint density at radius 2 is 2.00 bits per heavy atom. The van der Waals surface area contributed by atoms with E-state index in [2.05, 4.69) is 11.1 Å². The summed E-state index contributed by atoms with van der Waals surface area (Å²) in [5, 5.41) is 9.48. The molecule has 2 rings (SSSR count). The van der Waals surface area contributed by atoms with Crippen molar-refractivity contribution in [2.24, 2.45) is 0 Å². The average Bonchev–Trinajstić information content (AvgIpc) is 2.40. The number of hydrogen-bond donors (Lipinski definition) is 1. The third kappa shape index (κ3) is 2.49. The van der Waals surface area contributed by atoms with Crippen LogP contribution in [0, 0.1) is 11.3 Å². The zero-order chi connectivity index (χ0) is 13.0. The van der Waals surface area contributed by atoms with Crippen molar-refractivity contribution in [1.29, 1.82) is 5.26 Å². The van der Waals surface area contributed by atoms with E-state index in [1.807, 2.05) is 43.3 Å². The van der Waals surface area contributed by atoms with E-state index in [1.54, 1.807) is 12.4 Å². The summed E-state index contributed by atoms with van der Waals surface area (Å²) in [6.07, 6.45) is 4.13. The van der Waals surface area contributed by atoms with Gasteiger partial charge in [0.25, 0.3) is 0 Å². The number of nitrogens with zero attached hydrogens (tertiary/aromatic N) is 2. The molecule has 18 heavy (non-hydrogen) atoms. The van der Waals surface area contributed by atoms with Gasteiger partial charge in [-0.2, -0.15) is 5.26 Å². The Morgan fingerprint density at radius 3 is 2.61 bits per heavy atom. The summed E-state index contributed by atoms with van der Waals surface area (Å²) < 4.78 is 0. The maximum atomic E-state index is 9.48. The van der Waals surface area contributed by atoms with Crippen molar-refractivity contribution in [2.75, 3.05) is 5.73 Å². The summed E-state index contributed by atoms with van der Waals surface area (Å²) in [6, 6.07) is 13.8. The van der Waals surface area contributed by atoms with E-state index in [1.165, 1.54) is 0 Å². The molecule has 1 aromatic carbocycles. The molecule has 90 valence electrons. The lowest BCUT2D eigenvalue weighted by Crippen LogP contribution is -2.23. The van der Waals surface area contributed by atoms with E-state index in [0.29, 0.717) is 12.1 Å². The first-order valence-electron chi connectivity index (χ1n) is 5.80. The largest absolute Gasteiger partial charge is 0.399 e. The van der Waals surface area contributed by atoms with Crippen LogP contribution in [0.1, 0.15) is 18.1 Å². The minimum absolute atomic E-state index is 0.573. The van der Waals surface area contributed by atoms with Crippen molar-refractivity contribution in [1.82, 2.24) is 4.98 Å². The molecule has 2 N–H and O–H groups in total. The summed E-state index contributed by atoms with van der Waals surface area (Å²) in [6.45, 7) is 1.93. The molecule has 0 fully saturated rings. The molecule has 1 atom stereocenters. The number of pyridine rings is 1. The van der Waals surface area contributed by atoms with E-state index < -0.39 is 5.41 Å². The van der Waals surface area contributed by atoms with Crippen molar-refractivity contribution >= 4 is 5.69 Å². The van der Waals surface area contributed by atoms with Crippen LogP contribution in [0.2, 0.25) is 0 Å². The number of anilines is 1. The third-order valence-electron chi connectivity index (χ3n) is 3.08. The normalized spacial score (nSPS) is 13.6. The van der Waals surface area contributed by atoms with Crippen LogP contribution >= 0.6 is 0 Å². The van der Waals surface area contributed by atoms with Crippen molar-refractivity contribution in [3.8, 4) is 6.07 Å². The Bertz CT molecular complexity index is 572. The summed E-state index contributed by atoms with van der Waals surface area (Å²) in [4.78, 5) is 3.99. The molecule has 3 nitrogen and oxygen atoms in total. The summed E-state index contributed by atoms with van der Waals surface area (Å²) in [5.74, 6) is 0. The fraction of sp³-hybridized carbons (Fsp3) is 0.200. The highest BCUT2D eigenvalue weighted by molar-refractivity contribution is 5.46. The summed E-state index contributed by atoms with van der Waals surface area (Å²) in [5.41, 5.74) is 7.94. The molecule has 0 saturated carbocycles. The number of aromatic nitrogens is 1. The minimum atomic E-state index is -0.573. The van der Waals surface area contributed by atoms with Gasteiger partial charge in [0.2, 0.25) is 0 Å². The number of rotatable bonds is 3. The molecule has 0 aliphatic heterocycles. The van der Waals surface area contributed by atoms with Gasteiger partial charge >= 0.3 is 0 Å². The Balaban J connectivity index is 2.35. The molecule has 0 radical (unpaired) electrons. The molecule has 1 unspecified atom stereocenters. The topological polar surface area (TPSA) is 62.7 Å². The van der Waals surface area contributed by atoms with Crippen molar-refractivity contribution in [2.45, 2.75) is 18.8 Å². The molecule has 0 amide bonds. The van der Waals surface area contributed by atoms with Gasteiger partial charge in [-0.15, -0.1) is 0 Å². The van der Waals surface area contributed by atoms with E-state index in [-0.39, 0.29) is 0 Å². The van der Waals surface area contributed by atoms with Gasteiger partial charge in [0.15, 0.2) is 0 Å². The summed E-state index contributed by atoms with van der Waals surface area (Å²) >= 11 is 0. The minimum Gasteiger partial charge on any atom is -0.399 e. The zero-order valence-corrected chi connectivity index (χ0v) is 10.3. The zero-order valence-electron chi connectivity index (χ0n) is 10.3. The molecular weight excluding hydrogens is 222 g/mol. The van der Waals surface area contributed by atoms with Gasteiger partial charge in [-0.05, 0) is 48.7 Å². The van der Waals surface area contributed by atoms with Gasteiger partial charge in [0.05, 0.1) is 11.5 Å². The first kappa shape index (κ1) is 12.1. The maximum Gasteiger partial charge on any atom is 0.0835 e. The number of nitrogens with two attached hydrogens (primary N) is 1. The maximum absolute atomic E-state index is 9.48. The molecule has 0 saturated heterocycles. The molecule has 0 aliphatic carbocycles. The van der Waals surface area contributed by atoms with Gasteiger partial charge in [-0.3, -0.25) is 4.98 Å². The lowest BCUT2D eigenvalue weighted by molar-refractivity contribution is 0.606. The fourth-order valence-corrected chi connectivity index (χ4v) is 2.00. The quantitative estimate of drug-likeness (QED) is 0.835. The molecule has 1 heterocycles. The molecule has 1 aromatic heterocycles. The second-order valence-corrected chi connectivity index (χ2v) is 4.60. The second-order valence-electron chi connectivity index (χ2n) is 4.60. The smallest absolute Gasteiger partial charge is 0.0835 e. The highest BCUT2D eigenvalue weighted by Gasteiger charge is 2.26. The van der Waals surface area contributed by atoms with E-state index in [0.717, 1.165) is 11.1 Å². The highest BCUT2D eigenvalue weighted by atomic mass is 14.6. The molecule has 0 spiro atoms. The van der Waals surface area contributed by atoms with Gasteiger partial charge in [0, 0.05) is 18.1 Å². The van der Waals surface area contributed by atoms with Crippen LogP contribution in [0.5, 0.6) is 0 Å². The predicted octanol–water partition coefficient (Wildman–Crippen LogP) is 2.69. The Labute approximate surface area is 107 Å². The fourth-order valence-electron chi connectivity index (χ4n) is 2.00. The van der Waals surface area contributed by atoms with Gasteiger partial charge in [-0.25, -0.2) is 0 Å². The first-order valence-corrected chi connectivity index (χ1v) is 5.80. The summed E-state index contributed by atoms with van der Waals surface area (Å²) in [7, 11) is 0. The van der Waals surface area contributed by atoms with Gasteiger partial charge in [-0.1, -0.05) is 12.1 Å². The van der Waals surface area contributed by atoms with Crippen LogP contribution in [0.3, 0.4) is 0 Å². The predicted molar refractivity (Wildman–Crippen MR) is 71.8 cm³/mol. The standard InChI is InChI=1S/C15H15N3/c1-15(11-16,10-12-5-7-18-8-6-12)13-3-2-4-14(17)9-13/h2-9H,10,17H2,1H3. The van der Waals surface area contributed by atoms with Crippen LogP contribution in [-0.2, 0) is 11.8 Å². The van der Waals surface area contributed by atoms with Crippen molar-refractivity contribution < 1.29 is 0 Å². The van der Waals surface area contributed by atoms with Gasteiger partial charge in [0.1, 0.15) is 0 Å². The number of nitrogen functional groups attached to an aromatic ring is 1. The van der Waals surface area contributed by atoms with Crippen molar-refractivity contribution in [3.63, 3.8) is 0 Å². The Morgan fingerprint density at radius 1 is 1.28 bits per heavy atom.